The molecular weight excluding hydrogens is 435 g/mol. The molecule has 1 heterocycles. The average molecular weight is 464 g/mol. The maximum absolute atomic E-state index is 12.1. The number of hydrogen-bond donors (Lipinski definition) is 3. The summed E-state index contributed by atoms with van der Waals surface area (Å²) in [6.07, 6.45) is 2.57. The summed E-state index contributed by atoms with van der Waals surface area (Å²) < 4.78 is 40.2. The molecule has 178 valence electrons. The van der Waals surface area contributed by atoms with Crippen LogP contribution in [0.5, 0.6) is 5.75 Å². The number of nitrogens with zero attached hydrogens (tertiary/aromatic N) is 1. The van der Waals surface area contributed by atoms with E-state index in [-0.39, 0.29) is 11.3 Å². The van der Waals surface area contributed by atoms with E-state index >= 15 is 0 Å². The minimum atomic E-state index is -4.74. The number of benzene rings is 2. The molecule has 9 heteroatoms. The van der Waals surface area contributed by atoms with Crippen molar-refractivity contribution in [2.24, 2.45) is 5.41 Å². The predicted octanol–water partition coefficient (Wildman–Crippen LogP) is 7.19. The second-order valence-corrected chi connectivity index (χ2v) is 8.95. The molecule has 1 saturated carbocycles. The Morgan fingerprint density at radius 1 is 1.09 bits per heavy atom. The molecule has 0 aliphatic heterocycles. The third kappa shape index (κ3) is 6.87. The summed E-state index contributed by atoms with van der Waals surface area (Å²) in [7, 11) is 0. The molecule has 33 heavy (non-hydrogen) atoms. The minimum absolute atomic E-state index is 0.152. The molecule has 1 fully saturated rings. The molecular formula is C24H28F3N3O3. The van der Waals surface area contributed by atoms with Gasteiger partial charge in [0, 0.05) is 5.69 Å². The smallest absolute Gasteiger partial charge is 0.478 e. The number of aromatic carboxylic acids is 1. The number of hydrogen-bond acceptors (Lipinski definition) is 4. The molecule has 1 aromatic heterocycles. The minimum Gasteiger partial charge on any atom is -0.478 e. The topological polar surface area (TPSA) is 87.2 Å². The molecule has 2 aromatic carbocycles. The van der Waals surface area contributed by atoms with Crippen LogP contribution < -0.4 is 10.1 Å². The first-order valence-corrected chi connectivity index (χ1v) is 10.8. The predicted molar refractivity (Wildman–Crippen MR) is 121 cm³/mol. The molecule has 0 spiro atoms. The number of nitrogens with one attached hydrogen (secondary N) is 2. The first kappa shape index (κ1) is 24.4. The molecule has 3 N–H and O–H groups in total. The van der Waals surface area contributed by atoms with Gasteiger partial charge in [0.1, 0.15) is 5.75 Å². The van der Waals surface area contributed by atoms with Crippen LogP contribution in [0.1, 0.15) is 61.9 Å². The number of aryl methyl sites for hydroxylation is 1. The van der Waals surface area contributed by atoms with E-state index in [1.807, 2.05) is 0 Å². The Labute approximate surface area is 190 Å². The fraction of sp³-hybridized carbons (Fsp3) is 0.417. The van der Waals surface area contributed by atoms with Crippen molar-refractivity contribution in [1.82, 2.24) is 9.97 Å². The summed E-state index contributed by atoms with van der Waals surface area (Å²) >= 11 is 0. The Balaban J connectivity index is 0.000000323. The standard InChI is InChI=1S/C16H12F3N3O3.C8H16/c1-8-11(14(23)24)6-7-12-13(8)22-15(21-12)20-9-2-4-10(5-3-9)25-16(17,18)19;1-8(2)6-4-3-5-7-8/h2-7H,1H3,(H,23,24)(H2,20,21,22);3-7H2,1-2H3. The van der Waals surface area contributed by atoms with Crippen molar-refractivity contribution in [1.29, 1.82) is 0 Å². The Hall–Kier alpha value is -3.23. The van der Waals surface area contributed by atoms with Crippen molar-refractivity contribution in [2.75, 3.05) is 5.32 Å². The Morgan fingerprint density at radius 2 is 1.73 bits per heavy atom. The molecule has 4 rings (SSSR count). The molecule has 1 aliphatic carbocycles. The molecule has 3 aromatic rings. The van der Waals surface area contributed by atoms with E-state index in [1.165, 1.54) is 62.4 Å². The van der Waals surface area contributed by atoms with E-state index in [2.05, 4.69) is 33.9 Å². The summed E-state index contributed by atoms with van der Waals surface area (Å²) in [6, 6.07) is 8.24. The Morgan fingerprint density at radius 3 is 2.24 bits per heavy atom. The average Bonchev–Trinajstić information content (AvgIpc) is 3.12. The molecule has 0 amide bonds. The quantitative estimate of drug-likeness (QED) is 0.381. The van der Waals surface area contributed by atoms with Gasteiger partial charge in [0.25, 0.3) is 0 Å². The molecule has 0 saturated heterocycles. The van der Waals surface area contributed by atoms with Crippen LogP contribution in [0.2, 0.25) is 0 Å². The first-order valence-electron chi connectivity index (χ1n) is 10.8. The number of halogens is 3. The molecule has 0 unspecified atom stereocenters. The second kappa shape index (κ2) is 9.72. The number of aromatic amines is 1. The molecule has 0 bridgehead atoms. The SMILES string of the molecule is CC1(C)CCCCC1.Cc1c(C(=O)O)ccc2[nH]c(Nc3ccc(OC(F)(F)F)cc3)nc12. The number of rotatable bonds is 4. The number of fused-ring (bicyclic) bond motifs is 1. The highest BCUT2D eigenvalue weighted by Gasteiger charge is 2.31. The van der Waals surface area contributed by atoms with E-state index in [4.69, 9.17) is 5.11 Å². The van der Waals surface area contributed by atoms with Gasteiger partial charge in [-0.1, -0.05) is 33.1 Å². The van der Waals surface area contributed by atoms with Crippen molar-refractivity contribution in [3.8, 4) is 5.75 Å². The van der Waals surface area contributed by atoms with Gasteiger partial charge in [0.15, 0.2) is 0 Å². The summed E-state index contributed by atoms with van der Waals surface area (Å²) in [6.45, 7) is 6.41. The van der Waals surface area contributed by atoms with Crippen molar-refractivity contribution >= 4 is 28.6 Å². The van der Waals surface area contributed by atoms with E-state index in [0.717, 1.165) is 0 Å². The third-order valence-corrected chi connectivity index (χ3v) is 5.70. The van der Waals surface area contributed by atoms with Gasteiger partial charge in [-0.15, -0.1) is 13.2 Å². The maximum atomic E-state index is 12.1. The zero-order valence-corrected chi connectivity index (χ0v) is 18.8. The van der Waals surface area contributed by atoms with E-state index in [1.54, 1.807) is 13.0 Å². The van der Waals surface area contributed by atoms with Gasteiger partial charge in [0.05, 0.1) is 16.6 Å². The number of anilines is 2. The number of alkyl halides is 3. The normalized spacial score (nSPS) is 15.5. The second-order valence-electron chi connectivity index (χ2n) is 8.95. The highest BCUT2D eigenvalue weighted by molar-refractivity contribution is 5.96. The van der Waals surface area contributed by atoms with Gasteiger partial charge in [-0.25, -0.2) is 9.78 Å². The zero-order valence-electron chi connectivity index (χ0n) is 18.8. The lowest BCUT2D eigenvalue weighted by Crippen LogP contribution is -2.16. The van der Waals surface area contributed by atoms with Crippen LogP contribution in [0.15, 0.2) is 36.4 Å². The summed E-state index contributed by atoms with van der Waals surface area (Å²) in [5.74, 6) is -1.04. The van der Waals surface area contributed by atoms with E-state index in [0.29, 0.717) is 33.6 Å². The van der Waals surface area contributed by atoms with Crippen LogP contribution in [0.25, 0.3) is 11.0 Å². The van der Waals surface area contributed by atoms with Crippen LogP contribution in [0.4, 0.5) is 24.8 Å². The maximum Gasteiger partial charge on any atom is 0.573 e. The molecule has 6 nitrogen and oxygen atoms in total. The van der Waals surface area contributed by atoms with Crippen LogP contribution >= 0.6 is 0 Å². The van der Waals surface area contributed by atoms with Gasteiger partial charge in [-0.05, 0) is 67.1 Å². The van der Waals surface area contributed by atoms with Crippen LogP contribution in [0.3, 0.4) is 0 Å². The van der Waals surface area contributed by atoms with Crippen LogP contribution in [-0.2, 0) is 0 Å². The van der Waals surface area contributed by atoms with Gasteiger partial charge in [-0.3, -0.25) is 0 Å². The lowest BCUT2D eigenvalue weighted by atomic mass is 9.78. The fourth-order valence-corrected chi connectivity index (χ4v) is 3.89. The van der Waals surface area contributed by atoms with Gasteiger partial charge >= 0.3 is 12.3 Å². The highest BCUT2D eigenvalue weighted by Crippen LogP contribution is 2.34. The number of carbonyl (C=O) groups is 1. The van der Waals surface area contributed by atoms with E-state index in [9.17, 15) is 18.0 Å². The van der Waals surface area contributed by atoms with Crippen molar-refractivity contribution in [3.05, 3.63) is 47.5 Å². The van der Waals surface area contributed by atoms with Gasteiger partial charge in [0.2, 0.25) is 5.95 Å². The molecule has 0 radical (unpaired) electrons. The lowest BCUT2D eigenvalue weighted by Gasteiger charge is -2.28. The molecule has 0 atom stereocenters. The first-order chi connectivity index (χ1) is 15.4. The summed E-state index contributed by atoms with van der Waals surface area (Å²) in [4.78, 5) is 18.4. The summed E-state index contributed by atoms with van der Waals surface area (Å²) in [5, 5.41) is 12.0. The van der Waals surface area contributed by atoms with Gasteiger partial charge < -0.3 is 20.1 Å². The molecule has 1 aliphatic rings. The largest absolute Gasteiger partial charge is 0.573 e. The van der Waals surface area contributed by atoms with Crippen LogP contribution in [-0.4, -0.2) is 27.4 Å². The number of imidazole rings is 1. The van der Waals surface area contributed by atoms with Gasteiger partial charge in [-0.2, -0.15) is 0 Å². The van der Waals surface area contributed by atoms with Crippen molar-refractivity contribution in [3.63, 3.8) is 0 Å². The highest BCUT2D eigenvalue weighted by atomic mass is 19.4. The zero-order chi connectivity index (χ0) is 24.2. The number of ether oxygens (including phenoxy) is 1. The van der Waals surface area contributed by atoms with Crippen LogP contribution in [0, 0.1) is 12.3 Å². The Kier molecular flexibility index (Phi) is 7.19. The number of aromatic nitrogens is 2. The van der Waals surface area contributed by atoms with E-state index < -0.39 is 12.3 Å². The van der Waals surface area contributed by atoms with Crippen molar-refractivity contribution < 1.29 is 27.8 Å². The Bertz CT molecular complexity index is 1100. The number of carboxylic acids is 1. The summed E-state index contributed by atoms with van der Waals surface area (Å²) in [5.41, 5.74) is 2.98. The van der Waals surface area contributed by atoms with Crippen molar-refractivity contribution in [2.45, 2.75) is 59.2 Å². The number of carboxylic acid groups (broad SMARTS) is 1. The number of H-pyrrole nitrogens is 1. The monoisotopic (exact) mass is 463 g/mol. The third-order valence-electron chi connectivity index (χ3n) is 5.70. The lowest BCUT2D eigenvalue weighted by molar-refractivity contribution is -0.274. The fourth-order valence-electron chi connectivity index (χ4n) is 3.89.